The maximum absolute atomic E-state index is 12.1. The van der Waals surface area contributed by atoms with E-state index in [1.54, 1.807) is 18.2 Å². The third kappa shape index (κ3) is 4.43. The number of rotatable bonds is 5. The average molecular weight is 330 g/mol. The highest BCUT2D eigenvalue weighted by Gasteiger charge is 2.34. The van der Waals surface area contributed by atoms with E-state index in [9.17, 15) is 13.5 Å². The maximum atomic E-state index is 12.1. The zero-order valence-corrected chi connectivity index (χ0v) is 13.8. The monoisotopic (exact) mass is 330 g/mol. The third-order valence-corrected chi connectivity index (χ3v) is 5.65. The molecule has 0 saturated carbocycles. The van der Waals surface area contributed by atoms with Crippen LogP contribution >= 0.6 is 12.6 Å². The predicted molar refractivity (Wildman–Crippen MR) is 85.8 cm³/mol. The Bertz CT molecular complexity index is 553. The zero-order valence-electron chi connectivity index (χ0n) is 12.1. The van der Waals surface area contributed by atoms with Crippen LogP contribution in [0, 0.1) is 0 Å². The van der Waals surface area contributed by atoms with Crippen molar-refractivity contribution in [3.05, 3.63) is 30.3 Å². The van der Waals surface area contributed by atoms with Gasteiger partial charge >= 0.3 is 0 Å². The summed E-state index contributed by atoms with van der Waals surface area (Å²) in [6, 6.07) is 8.20. The molecule has 1 aromatic carbocycles. The molecule has 1 aliphatic rings. The molecule has 0 bridgehead atoms. The summed E-state index contributed by atoms with van der Waals surface area (Å²) in [5.74, 6) is 0. The fourth-order valence-electron chi connectivity index (χ4n) is 2.40. The Hall–Kier alpha value is -0.600. The standard InChI is InChI=1S/C14H22N2O3S2/c1-12(20)16-9-7-14(17,8-10-16)11-15-21(18,19)13-5-3-2-4-6-13/h2-6,12,15,17,20H,7-11H2,1H3. The summed E-state index contributed by atoms with van der Waals surface area (Å²) in [5.41, 5.74) is -0.985. The van der Waals surface area contributed by atoms with Crippen LogP contribution in [0.15, 0.2) is 35.2 Å². The van der Waals surface area contributed by atoms with Crippen molar-refractivity contribution in [2.45, 2.75) is 35.6 Å². The average Bonchev–Trinajstić information content (AvgIpc) is 2.47. The molecule has 1 saturated heterocycles. The largest absolute Gasteiger partial charge is 0.388 e. The highest BCUT2D eigenvalue weighted by molar-refractivity contribution is 7.89. The number of likely N-dealkylation sites (tertiary alicyclic amines) is 1. The van der Waals surface area contributed by atoms with Crippen molar-refractivity contribution in [2.75, 3.05) is 19.6 Å². The third-order valence-electron chi connectivity index (χ3n) is 3.90. The molecule has 0 aromatic heterocycles. The Morgan fingerprint density at radius 2 is 1.90 bits per heavy atom. The van der Waals surface area contributed by atoms with Crippen LogP contribution in [-0.4, -0.2) is 49.0 Å². The Kier molecular flexibility index (Phi) is 5.32. The van der Waals surface area contributed by atoms with E-state index in [-0.39, 0.29) is 16.8 Å². The number of thiol groups is 1. The molecule has 1 heterocycles. The minimum absolute atomic E-state index is 0.0407. The van der Waals surface area contributed by atoms with Gasteiger partial charge in [-0.2, -0.15) is 12.6 Å². The molecule has 0 amide bonds. The summed E-state index contributed by atoms with van der Waals surface area (Å²) in [4.78, 5) is 2.37. The van der Waals surface area contributed by atoms with Crippen LogP contribution < -0.4 is 4.72 Å². The second kappa shape index (κ2) is 6.66. The molecule has 1 unspecified atom stereocenters. The summed E-state index contributed by atoms with van der Waals surface area (Å²) in [7, 11) is -3.57. The number of aliphatic hydroxyl groups is 1. The van der Waals surface area contributed by atoms with Crippen molar-refractivity contribution in [3.63, 3.8) is 0 Å². The van der Waals surface area contributed by atoms with E-state index < -0.39 is 15.6 Å². The molecule has 1 fully saturated rings. The molecule has 2 rings (SSSR count). The Morgan fingerprint density at radius 3 is 2.43 bits per heavy atom. The molecule has 2 N–H and O–H groups in total. The lowest BCUT2D eigenvalue weighted by Gasteiger charge is -2.39. The van der Waals surface area contributed by atoms with Crippen molar-refractivity contribution in [1.29, 1.82) is 0 Å². The van der Waals surface area contributed by atoms with E-state index in [1.165, 1.54) is 12.1 Å². The second-order valence-electron chi connectivity index (χ2n) is 5.53. The second-order valence-corrected chi connectivity index (χ2v) is 8.04. The summed E-state index contributed by atoms with van der Waals surface area (Å²) < 4.78 is 26.8. The van der Waals surface area contributed by atoms with Gasteiger partial charge in [0.1, 0.15) is 0 Å². The normalized spacial score (nSPS) is 21.1. The van der Waals surface area contributed by atoms with E-state index in [0.29, 0.717) is 25.9 Å². The number of benzene rings is 1. The first-order valence-electron chi connectivity index (χ1n) is 7.02. The van der Waals surface area contributed by atoms with Crippen LogP contribution in [0.5, 0.6) is 0 Å². The number of piperidine rings is 1. The Labute approximate surface area is 131 Å². The SMILES string of the molecule is CC(S)N1CCC(O)(CNS(=O)(=O)c2ccccc2)CC1. The highest BCUT2D eigenvalue weighted by Crippen LogP contribution is 2.24. The van der Waals surface area contributed by atoms with Crippen molar-refractivity contribution in [3.8, 4) is 0 Å². The van der Waals surface area contributed by atoms with E-state index in [0.717, 1.165) is 0 Å². The molecule has 0 radical (unpaired) electrons. The van der Waals surface area contributed by atoms with Gasteiger partial charge in [-0.1, -0.05) is 18.2 Å². The first-order chi connectivity index (χ1) is 9.82. The van der Waals surface area contributed by atoms with Crippen molar-refractivity contribution in [1.82, 2.24) is 9.62 Å². The number of nitrogens with zero attached hydrogens (tertiary/aromatic N) is 1. The molecular weight excluding hydrogens is 308 g/mol. The van der Waals surface area contributed by atoms with Crippen LogP contribution in [0.4, 0.5) is 0 Å². The molecule has 1 atom stereocenters. The van der Waals surface area contributed by atoms with Crippen molar-refractivity contribution < 1.29 is 13.5 Å². The molecule has 5 nitrogen and oxygen atoms in total. The molecule has 1 aliphatic heterocycles. The van der Waals surface area contributed by atoms with Gasteiger partial charge in [-0.3, -0.25) is 4.90 Å². The molecule has 0 spiro atoms. The Balaban J connectivity index is 1.94. The molecule has 0 aliphatic carbocycles. The van der Waals surface area contributed by atoms with Gasteiger partial charge in [0.25, 0.3) is 0 Å². The van der Waals surface area contributed by atoms with Gasteiger partial charge in [0.05, 0.1) is 10.5 Å². The van der Waals surface area contributed by atoms with Crippen LogP contribution in [-0.2, 0) is 10.0 Å². The highest BCUT2D eigenvalue weighted by atomic mass is 32.2. The van der Waals surface area contributed by atoms with Gasteiger partial charge in [-0.25, -0.2) is 13.1 Å². The molecule has 21 heavy (non-hydrogen) atoms. The number of hydrogen-bond acceptors (Lipinski definition) is 5. The molecule has 1 aromatic rings. The van der Waals surface area contributed by atoms with Crippen molar-refractivity contribution >= 4 is 22.7 Å². The van der Waals surface area contributed by atoms with E-state index in [2.05, 4.69) is 22.3 Å². The summed E-state index contributed by atoms with van der Waals surface area (Å²) in [6.07, 6.45) is 1.07. The first kappa shape index (κ1) is 16.8. The number of sulfonamides is 1. The van der Waals surface area contributed by atoms with Gasteiger partial charge in [0.15, 0.2) is 0 Å². The minimum atomic E-state index is -3.57. The number of nitrogens with one attached hydrogen (secondary N) is 1. The van der Waals surface area contributed by atoms with Gasteiger partial charge < -0.3 is 5.11 Å². The maximum Gasteiger partial charge on any atom is 0.240 e. The molecular formula is C14H22N2O3S2. The zero-order chi connectivity index (χ0) is 15.5. The smallest absolute Gasteiger partial charge is 0.240 e. The topological polar surface area (TPSA) is 69.6 Å². The lowest BCUT2D eigenvalue weighted by atomic mass is 9.92. The molecule has 7 heteroatoms. The van der Waals surface area contributed by atoms with E-state index >= 15 is 0 Å². The predicted octanol–water partition coefficient (Wildman–Crippen LogP) is 1.07. The summed E-state index contributed by atoms with van der Waals surface area (Å²) in [6.45, 7) is 3.47. The fourth-order valence-corrected chi connectivity index (χ4v) is 3.77. The van der Waals surface area contributed by atoms with Gasteiger partial charge in [-0.15, -0.1) is 0 Å². The summed E-state index contributed by atoms with van der Waals surface area (Å²) >= 11 is 4.38. The van der Waals surface area contributed by atoms with Gasteiger partial charge in [-0.05, 0) is 31.9 Å². The first-order valence-corrected chi connectivity index (χ1v) is 9.02. The van der Waals surface area contributed by atoms with Crippen LogP contribution in [0.1, 0.15) is 19.8 Å². The number of hydrogen-bond donors (Lipinski definition) is 3. The summed E-state index contributed by atoms with van der Waals surface area (Å²) in [5, 5.41) is 10.7. The lowest BCUT2D eigenvalue weighted by Crippen LogP contribution is -2.51. The fraction of sp³-hybridized carbons (Fsp3) is 0.571. The molecule has 118 valence electrons. The van der Waals surface area contributed by atoms with Gasteiger partial charge in [0.2, 0.25) is 10.0 Å². The van der Waals surface area contributed by atoms with Crippen LogP contribution in [0.2, 0.25) is 0 Å². The van der Waals surface area contributed by atoms with Crippen LogP contribution in [0.3, 0.4) is 0 Å². The van der Waals surface area contributed by atoms with E-state index in [4.69, 9.17) is 0 Å². The Morgan fingerprint density at radius 1 is 1.33 bits per heavy atom. The van der Waals surface area contributed by atoms with E-state index in [1.807, 2.05) is 6.92 Å². The quantitative estimate of drug-likeness (QED) is 0.706. The van der Waals surface area contributed by atoms with Crippen molar-refractivity contribution in [2.24, 2.45) is 0 Å². The van der Waals surface area contributed by atoms with Gasteiger partial charge in [0, 0.05) is 25.0 Å². The minimum Gasteiger partial charge on any atom is -0.388 e. The van der Waals surface area contributed by atoms with Crippen LogP contribution in [0.25, 0.3) is 0 Å². The lowest BCUT2D eigenvalue weighted by molar-refractivity contribution is -0.0173.